The highest BCUT2D eigenvalue weighted by molar-refractivity contribution is 5.84. The third-order valence-electron chi connectivity index (χ3n) is 8.02. The quantitative estimate of drug-likeness (QED) is 0.418. The number of fused-ring (bicyclic) bond motifs is 1. The molecule has 38 heavy (non-hydrogen) atoms. The van der Waals surface area contributed by atoms with Crippen LogP contribution in [-0.4, -0.2) is 40.2 Å². The number of aromatic nitrogens is 2. The Morgan fingerprint density at radius 3 is 2.61 bits per heavy atom. The first-order chi connectivity index (χ1) is 18.1. The zero-order valence-electron chi connectivity index (χ0n) is 22.2. The molecule has 0 spiro atoms. The van der Waals surface area contributed by atoms with Crippen molar-refractivity contribution >= 4 is 17.5 Å². The maximum Gasteiger partial charge on any atom is 0.307 e. The van der Waals surface area contributed by atoms with Crippen molar-refractivity contribution in [2.45, 2.75) is 65.3 Å². The highest BCUT2D eigenvalue weighted by Gasteiger charge is 2.30. The van der Waals surface area contributed by atoms with Crippen LogP contribution in [0.1, 0.15) is 55.5 Å². The van der Waals surface area contributed by atoms with E-state index in [2.05, 4.69) is 34.0 Å². The molecule has 3 heterocycles. The van der Waals surface area contributed by atoms with Gasteiger partial charge in [0.1, 0.15) is 5.82 Å². The van der Waals surface area contributed by atoms with Gasteiger partial charge in [-0.25, -0.2) is 13.8 Å². The van der Waals surface area contributed by atoms with Gasteiger partial charge in [0.25, 0.3) is 0 Å². The largest absolute Gasteiger partial charge is 0.481 e. The van der Waals surface area contributed by atoms with E-state index in [4.69, 9.17) is 0 Å². The maximum atomic E-state index is 15.4. The van der Waals surface area contributed by atoms with E-state index in [-0.39, 0.29) is 29.5 Å². The molecule has 1 aromatic carbocycles. The van der Waals surface area contributed by atoms with E-state index < -0.39 is 11.8 Å². The summed E-state index contributed by atoms with van der Waals surface area (Å²) in [4.78, 5) is 22.9. The molecular weight excluding hydrogens is 486 g/mol. The second kappa shape index (κ2) is 10.3. The van der Waals surface area contributed by atoms with E-state index in [1.54, 1.807) is 24.5 Å². The summed E-state index contributed by atoms with van der Waals surface area (Å²) < 4.78 is 29.0. The molecule has 0 bridgehead atoms. The lowest BCUT2D eigenvalue weighted by Crippen LogP contribution is -2.38. The van der Waals surface area contributed by atoms with E-state index in [9.17, 15) is 14.3 Å². The Kier molecular flexibility index (Phi) is 7.07. The summed E-state index contributed by atoms with van der Waals surface area (Å²) in [5, 5.41) is 12.9. The minimum absolute atomic E-state index is 0.00344. The van der Waals surface area contributed by atoms with Crippen molar-refractivity contribution in [3.63, 3.8) is 0 Å². The Morgan fingerprint density at radius 2 is 1.89 bits per heavy atom. The molecule has 200 valence electrons. The number of halogens is 2. The Bertz CT molecular complexity index is 1360. The summed E-state index contributed by atoms with van der Waals surface area (Å²) in [5.74, 6) is -1.45. The van der Waals surface area contributed by atoms with Gasteiger partial charge in [0, 0.05) is 53.9 Å². The number of benzene rings is 1. The van der Waals surface area contributed by atoms with Crippen LogP contribution in [0.15, 0.2) is 36.7 Å². The molecule has 2 N–H and O–H groups in total. The fraction of sp³-hybridized carbons (Fsp3) is 0.433. The predicted molar refractivity (Wildman–Crippen MR) is 145 cm³/mol. The number of nitrogens with one attached hydrogen (secondary N) is 1. The van der Waals surface area contributed by atoms with Gasteiger partial charge in [0.05, 0.1) is 12.1 Å². The summed E-state index contributed by atoms with van der Waals surface area (Å²) >= 11 is 0. The van der Waals surface area contributed by atoms with Crippen LogP contribution in [0.2, 0.25) is 0 Å². The molecule has 6 nitrogen and oxygen atoms in total. The summed E-state index contributed by atoms with van der Waals surface area (Å²) in [6.07, 6.45) is 7.30. The molecule has 0 radical (unpaired) electrons. The summed E-state index contributed by atoms with van der Waals surface area (Å²) in [6, 6.07) is 6.29. The van der Waals surface area contributed by atoms with Crippen LogP contribution in [0.5, 0.6) is 0 Å². The molecule has 1 saturated heterocycles. The van der Waals surface area contributed by atoms with Gasteiger partial charge in [-0.15, -0.1) is 0 Å². The molecule has 1 fully saturated rings. The van der Waals surface area contributed by atoms with Crippen LogP contribution in [0.4, 0.5) is 20.3 Å². The number of hydrogen-bond acceptors (Lipinski definition) is 5. The average molecular weight is 521 g/mol. The van der Waals surface area contributed by atoms with Crippen LogP contribution in [-0.2, 0) is 24.1 Å². The van der Waals surface area contributed by atoms with Crippen molar-refractivity contribution < 1.29 is 18.7 Å². The van der Waals surface area contributed by atoms with Gasteiger partial charge in [-0.1, -0.05) is 19.9 Å². The molecule has 0 amide bonds. The van der Waals surface area contributed by atoms with Crippen molar-refractivity contribution in [3.05, 3.63) is 70.7 Å². The van der Waals surface area contributed by atoms with E-state index in [0.717, 1.165) is 55.6 Å². The topological polar surface area (TPSA) is 78.4 Å². The van der Waals surface area contributed by atoms with Gasteiger partial charge >= 0.3 is 5.97 Å². The zero-order chi connectivity index (χ0) is 27.0. The number of carbonyl (C=O) groups is 1. The third kappa shape index (κ3) is 5.49. The monoisotopic (exact) mass is 520 g/mol. The second-order valence-corrected chi connectivity index (χ2v) is 11.4. The van der Waals surface area contributed by atoms with Gasteiger partial charge < -0.3 is 15.3 Å². The number of carboxylic acids is 1. The van der Waals surface area contributed by atoms with Crippen molar-refractivity contribution in [3.8, 4) is 11.1 Å². The number of anilines is 2. The number of carboxylic acid groups (broad SMARTS) is 1. The van der Waals surface area contributed by atoms with Crippen LogP contribution >= 0.6 is 0 Å². The number of pyridine rings is 2. The highest BCUT2D eigenvalue weighted by atomic mass is 19.1. The van der Waals surface area contributed by atoms with Gasteiger partial charge in [0.2, 0.25) is 0 Å². The molecule has 8 heteroatoms. The van der Waals surface area contributed by atoms with Crippen LogP contribution in [0.3, 0.4) is 0 Å². The first-order valence-corrected chi connectivity index (χ1v) is 13.2. The van der Waals surface area contributed by atoms with Crippen molar-refractivity contribution in [1.82, 2.24) is 9.97 Å². The van der Waals surface area contributed by atoms with Gasteiger partial charge in [-0.05, 0) is 73.8 Å². The molecule has 2 aliphatic rings. The number of aryl methyl sites for hydroxylation is 2. The average Bonchev–Trinajstić information content (AvgIpc) is 2.86. The SMILES string of the molecule is Cc1ncc(-c2cnc(NC3CCc4cc(F)ccc4C3)c(F)c2)c(N2CCC(C)(C)CC2)c1CC(=O)O. The number of aliphatic carboxylic acids is 1. The Hall–Kier alpha value is -3.55. The third-order valence-corrected chi connectivity index (χ3v) is 8.02. The molecule has 1 aliphatic heterocycles. The highest BCUT2D eigenvalue weighted by Crippen LogP contribution is 2.40. The van der Waals surface area contributed by atoms with E-state index in [1.807, 2.05) is 6.92 Å². The molecule has 1 unspecified atom stereocenters. The second-order valence-electron chi connectivity index (χ2n) is 11.4. The summed E-state index contributed by atoms with van der Waals surface area (Å²) in [7, 11) is 0. The molecule has 2 aromatic heterocycles. The standard InChI is InChI=1S/C30H34F2N4O2/c1-18-24(15-27(37)38)28(36-10-8-30(2,3)9-11-36)25(17-33-18)21-14-26(32)29(34-16-21)35-23-7-5-19-12-22(31)6-4-20(19)13-23/h4,6,12,14,16-17,23H,5,7-11,13,15H2,1-3H3,(H,34,35)(H,37,38). The van der Waals surface area contributed by atoms with Crippen molar-refractivity contribution in [1.29, 1.82) is 0 Å². The van der Waals surface area contributed by atoms with Crippen molar-refractivity contribution in [2.75, 3.05) is 23.3 Å². The van der Waals surface area contributed by atoms with Crippen LogP contribution in [0.25, 0.3) is 11.1 Å². The first kappa shape index (κ1) is 26.1. The van der Waals surface area contributed by atoms with E-state index in [0.29, 0.717) is 28.8 Å². The van der Waals surface area contributed by atoms with Gasteiger partial charge in [0.15, 0.2) is 11.6 Å². The number of piperidine rings is 1. The molecule has 0 saturated carbocycles. The van der Waals surface area contributed by atoms with Gasteiger partial charge in [-0.2, -0.15) is 0 Å². The summed E-state index contributed by atoms with van der Waals surface area (Å²) in [6.45, 7) is 7.89. The molecule has 5 rings (SSSR count). The molecule has 3 aromatic rings. The number of hydrogen-bond donors (Lipinski definition) is 2. The minimum Gasteiger partial charge on any atom is -0.481 e. The Morgan fingerprint density at radius 1 is 1.13 bits per heavy atom. The zero-order valence-corrected chi connectivity index (χ0v) is 22.2. The van der Waals surface area contributed by atoms with Crippen LogP contribution in [0, 0.1) is 24.0 Å². The Labute approximate surface area is 222 Å². The minimum atomic E-state index is -0.925. The predicted octanol–water partition coefficient (Wildman–Crippen LogP) is 5.95. The maximum absolute atomic E-state index is 15.4. The molecular formula is C30H34F2N4O2. The fourth-order valence-electron chi connectivity index (χ4n) is 5.64. The van der Waals surface area contributed by atoms with Crippen LogP contribution < -0.4 is 10.2 Å². The lowest BCUT2D eigenvalue weighted by molar-refractivity contribution is -0.136. The fourth-order valence-corrected chi connectivity index (χ4v) is 5.64. The summed E-state index contributed by atoms with van der Waals surface area (Å²) in [5.41, 5.74) is 5.70. The number of nitrogens with zero attached hydrogens (tertiary/aromatic N) is 3. The van der Waals surface area contributed by atoms with Crippen molar-refractivity contribution in [2.24, 2.45) is 5.41 Å². The normalized spacial score (nSPS) is 18.7. The molecule has 1 aliphatic carbocycles. The lowest BCUT2D eigenvalue weighted by Gasteiger charge is -2.40. The Balaban J connectivity index is 1.44. The molecule has 1 atom stereocenters. The van der Waals surface area contributed by atoms with E-state index >= 15 is 4.39 Å². The van der Waals surface area contributed by atoms with E-state index in [1.165, 1.54) is 12.1 Å². The smallest absolute Gasteiger partial charge is 0.307 e. The number of rotatable bonds is 6. The lowest BCUT2D eigenvalue weighted by atomic mass is 9.82. The first-order valence-electron chi connectivity index (χ1n) is 13.2. The van der Waals surface area contributed by atoms with Gasteiger partial charge in [-0.3, -0.25) is 9.78 Å².